The van der Waals surface area contributed by atoms with Gasteiger partial charge in [0, 0.05) is 37.7 Å². The first kappa shape index (κ1) is 32.3. The number of nitrogens with zero attached hydrogens (tertiary/aromatic N) is 3. The Morgan fingerprint density at radius 2 is 0.857 bits per heavy atom. The van der Waals surface area contributed by atoms with Crippen LogP contribution in [0.25, 0.3) is 104 Å². The third-order valence-corrected chi connectivity index (χ3v) is 12.0. The second-order valence-corrected chi connectivity index (χ2v) is 15.3. The van der Waals surface area contributed by atoms with Gasteiger partial charge < -0.3 is 4.57 Å². The van der Waals surface area contributed by atoms with E-state index < -0.39 is 0 Å². The van der Waals surface area contributed by atoms with Gasteiger partial charge in [0.25, 0.3) is 0 Å². The first-order valence-corrected chi connectivity index (χ1v) is 19.7. The van der Waals surface area contributed by atoms with Crippen molar-refractivity contribution in [3.05, 3.63) is 200 Å². The lowest BCUT2D eigenvalue weighted by molar-refractivity contribution is 1.18. The Morgan fingerprint density at radius 3 is 1.52 bits per heavy atom. The monoisotopic (exact) mass is 731 g/mol. The highest BCUT2D eigenvalue weighted by Gasteiger charge is 2.18. The summed E-state index contributed by atoms with van der Waals surface area (Å²) in [5.74, 6) is 0.740. The molecule has 262 valence electrons. The number of aromatic nitrogens is 3. The van der Waals surface area contributed by atoms with Crippen LogP contribution in [0.1, 0.15) is 0 Å². The highest BCUT2D eigenvalue weighted by Crippen LogP contribution is 2.41. The highest BCUT2D eigenvalue weighted by molar-refractivity contribution is 7.26. The van der Waals surface area contributed by atoms with Gasteiger partial charge in [-0.1, -0.05) is 146 Å². The summed E-state index contributed by atoms with van der Waals surface area (Å²) in [6, 6.07) is 71.6. The van der Waals surface area contributed by atoms with E-state index in [-0.39, 0.29) is 0 Å². The van der Waals surface area contributed by atoms with Crippen LogP contribution in [0.15, 0.2) is 200 Å². The predicted molar refractivity (Wildman–Crippen MR) is 236 cm³/mol. The Morgan fingerprint density at radius 1 is 0.357 bits per heavy atom. The number of para-hydroxylation sites is 1. The summed E-state index contributed by atoms with van der Waals surface area (Å²) in [4.78, 5) is 10.4. The van der Waals surface area contributed by atoms with Gasteiger partial charge in [-0.05, 0) is 88.0 Å². The lowest BCUT2D eigenvalue weighted by atomic mass is 9.96. The Kier molecular flexibility index (Phi) is 7.68. The quantitative estimate of drug-likeness (QED) is 0.170. The molecule has 0 aliphatic carbocycles. The van der Waals surface area contributed by atoms with E-state index in [1.54, 1.807) is 11.3 Å². The van der Waals surface area contributed by atoms with Crippen LogP contribution in [0, 0.1) is 0 Å². The Hall–Kier alpha value is -7.14. The second-order valence-electron chi connectivity index (χ2n) is 14.2. The Bertz CT molecular complexity index is 3240. The van der Waals surface area contributed by atoms with E-state index in [1.807, 2.05) is 18.2 Å². The maximum absolute atomic E-state index is 5.24. The molecule has 0 amide bonds. The molecule has 3 nitrogen and oxygen atoms in total. The van der Waals surface area contributed by atoms with Crippen LogP contribution in [0.2, 0.25) is 0 Å². The number of thiophene rings is 1. The lowest BCUT2D eigenvalue weighted by Crippen LogP contribution is -1.93. The lowest BCUT2D eigenvalue weighted by Gasteiger charge is -2.11. The van der Waals surface area contributed by atoms with Gasteiger partial charge >= 0.3 is 0 Å². The average molecular weight is 732 g/mol. The molecule has 0 saturated heterocycles. The zero-order valence-electron chi connectivity index (χ0n) is 30.3. The van der Waals surface area contributed by atoms with Gasteiger partial charge in [-0.25, -0.2) is 9.97 Å². The van der Waals surface area contributed by atoms with Crippen molar-refractivity contribution >= 4 is 53.4 Å². The minimum Gasteiger partial charge on any atom is -0.309 e. The van der Waals surface area contributed by atoms with Crippen LogP contribution in [-0.2, 0) is 0 Å². The van der Waals surface area contributed by atoms with Gasteiger partial charge in [-0.15, -0.1) is 11.3 Å². The molecule has 0 spiro atoms. The SMILES string of the molecule is c1ccc(-c2ccc3c(c2)c2cc(-c4cccc(-c5cccc(-c6nc(-c7ccccc7)nc7c6sc6ccccc67)c5)c4)ccc2n3-c2ccccc2)cc1. The largest absolute Gasteiger partial charge is 0.309 e. The molecule has 4 heteroatoms. The smallest absolute Gasteiger partial charge is 0.160 e. The summed E-state index contributed by atoms with van der Waals surface area (Å²) in [6.07, 6.45) is 0. The Labute approximate surface area is 328 Å². The zero-order chi connectivity index (χ0) is 37.0. The number of rotatable bonds is 6. The van der Waals surface area contributed by atoms with Crippen molar-refractivity contribution in [3.63, 3.8) is 0 Å². The molecular formula is C52H33N3S. The van der Waals surface area contributed by atoms with Crippen LogP contribution in [0.3, 0.4) is 0 Å². The molecule has 3 aromatic heterocycles. The molecule has 0 atom stereocenters. The van der Waals surface area contributed by atoms with E-state index in [4.69, 9.17) is 9.97 Å². The molecule has 0 fully saturated rings. The van der Waals surface area contributed by atoms with Gasteiger partial charge in [-0.2, -0.15) is 0 Å². The normalized spacial score (nSPS) is 11.6. The number of hydrogen-bond donors (Lipinski definition) is 0. The molecule has 0 aliphatic heterocycles. The minimum absolute atomic E-state index is 0.740. The van der Waals surface area contributed by atoms with Crippen molar-refractivity contribution in [2.45, 2.75) is 0 Å². The van der Waals surface area contributed by atoms with E-state index in [0.29, 0.717) is 0 Å². The molecule has 0 bridgehead atoms. The zero-order valence-corrected chi connectivity index (χ0v) is 31.1. The fourth-order valence-electron chi connectivity index (χ4n) is 8.10. The molecule has 3 heterocycles. The minimum atomic E-state index is 0.740. The van der Waals surface area contributed by atoms with Crippen LogP contribution < -0.4 is 0 Å². The van der Waals surface area contributed by atoms with Crippen molar-refractivity contribution in [3.8, 4) is 61.7 Å². The van der Waals surface area contributed by atoms with E-state index >= 15 is 0 Å². The average Bonchev–Trinajstić information content (AvgIpc) is 3.82. The van der Waals surface area contributed by atoms with Gasteiger partial charge in [-0.3, -0.25) is 0 Å². The summed E-state index contributed by atoms with van der Waals surface area (Å²) < 4.78 is 4.71. The summed E-state index contributed by atoms with van der Waals surface area (Å²) in [6.45, 7) is 0. The molecule has 0 saturated carbocycles. The summed E-state index contributed by atoms with van der Waals surface area (Å²) in [5, 5.41) is 3.64. The summed E-state index contributed by atoms with van der Waals surface area (Å²) in [5.41, 5.74) is 14.7. The summed E-state index contributed by atoms with van der Waals surface area (Å²) >= 11 is 1.76. The molecule has 11 rings (SSSR count). The molecule has 0 unspecified atom stereocenters. The number of benzene rings is 8. The molecule has 0 N–H and O–H groups in total. The topological polar surface area (TPSA) is 30.7 Å². The fraction of sp³-hybridized carbons (Fsp3) is 0. The summed E-state index contributed by atoms with van der Waals surface area (Å²) in [7, 11) is 0. The van der Waals surface area contributed by atoms with Crippen LogP contribution >= 0.6 is 11.3 Å². The number of fused-ring (bicyclic) bond motifs is 6. The van der Waals surface area contributed by atoms with E-state index in [9.17, 15) is 0 Å². The van der Waals surface area contributed by atoms with Crippen LogP contribution in [0.4, 0.5) is 0 Å². The maximum atomic E-state index is 5.24. The number of hydrogen-bond acceptors (Lipinski definition) is 3. The maximum Gasteiger partial charge on any atom is 0.160 e. The van der Waals surface area contributed by atoms with Crippen molar-refractivity contribution in [2.75, 3.05) is 0 Å². The van der Waals surface area contributed by atoms with Crippen molar-refractivity contribution < 1.29 is 0 Å². The first-order valence-electron chi connectivity index (χ1n) is 18.9. The van der Waals surface area contributed by atoms with Gasteiger partial charge in [0.05, 0.1) is 26.9 Å². The third-order valence-electron chi connectivity index (χ3n) is 10.8. The molecular weight excluding hydrogens is 699 g/mol. The van der Waals surface area contributed by atoms with Gasteiger partial charge in [0.15, 0.2) is 5.82 Å². The predicted octanol–water partition coefficient (Wildman–Crippen LogP) is 14.3. The van der Waals surface area contributed by atoms with Crippen molar-refractivity contribution in [2.24, 2.45) is 0 Å². The molecule has 8 aromatic carbocycles. The van der Waals surface area contributed by atoms with Crippen molar-refractivity contribution in [1.82, 2.24) is 14.5 Å². The van der Waals surface area contributed by atoms with Crippen LogP contribution in [-0.4, -0.2) is 14.5 Å². The van der Waals surface area contributed by atoms with E-state index in [2.05, 4.69) is 187 Å². The van der Waals surface area contributed by atoms with Gasteiger partial charge in [0.2, 0.25) is 0 Å². The van der Waals surface area contributed by atoms with E-state index in [0.717, 1.165) is 55.1 Å². The fourth-order valence-corrected chi connectivity index (χ4v) is 9.25. The molecule has 56 heavy (non-hydrogen) atoms. The standard InChI is InChI=1S/C52H33N3S/c1-4-14-34(15-5-1)39-26-28-46-44(32-39)45-33-40(27-29-47(45)55(46)42-22-8-3-9-23-42)37-19-12-18-36(30-37)38-20-13-21-41(31-38)49-51-50(43-24-10-11-25-48(43)56-51)54-52(53-49)35-16-6-2-7-17-35/h1-33H. The molecule has 11 aromatic rings. The second kappa shape index (κ2) is 13.3. The van der Waals surface area contributed by atoms with Gasteiger partial charge in [0.1, 0.15) is 0 Å². The molecule has 0 aliphatic rings. The highest BCUT2D eigenvalue weighted by atomic mass is 32.1. The Balaban J connectivity index is 1.04. The first-order chi connectivity index (χ1) is 27.7. The van der Waals surface area contributed by atoms with E-state index in [1.165, 1.54) is 48.8 Å². The van der Waals surface area contributed by atoms with Crippen molar-refractivity contribution in [1.29, 1.82) is 0 Å². The third kappa shape index (κ3) is 5.50. The molecule has 0 radical (unpaired) electrons. The van der Waals surface area contributed by atoms with Crippen LogP contribution in [0.5, 0.6) is 0 Å².